The van der Waals surface area contributed by atoms with Crippen LogP contribution in [0.5, 0.6) is 0 Å². The molecule has 88 valence electrons. The molecule has 0 aliphatic heterocycles. The molecule has 0 saturated heterocycles. The summed E-state index contributed by atoms with van der Waals surface area (Å²) in [5.41, 5.74) is 1.69. The quantitative estimate of drug-likeness (QED) is 0.577. The zero-order valence-corrected chi connectivity index (χ0v) is 10.6. The fourth-order valence-corrected chi connectivity index (χ4v) is 1.62. The van der Waals surface area contributed by atoms with Gasteiger partial charge in [-0.3, -0.25) is 0 Å². The van der Waals surface area contributed by atoms with E-state index in [0.717, 1.165) is 5.69 Å². The second kappa shape index (κ2) is 6.55. The van der Waals surface area contributed by atoms with Crippen LogP contribution in [0.3, 0.4) is 0 Å². The first-order valence-corrected chi connectivity index (χ1v) is 5.72. The second-order valence-corrected chi connectivity index (χ2v) is 3.94. The lowest BCUT2D eigenvalue weighted by Crippen LogP contribution is -2.15. The molecule has 0 radical (unpaired) electrons. The highest BCUT2D eigenvalue weighted by atomic mass is 15.1. The number of anilines is 1. The Balaban J connectivity index is 2.93. The summed E-state index contributed by atoms with van der Waals surface area (Å²) in [6.07, 6.45) is 6.03. The molecule has 0 N–H and O–H groups in total. The molecule has 1 atom stereocenters. The molecule has 1 rings (SSSR count). The number of nitriles is 1. The Morgan fingerprint density at radius 2 is 2.00 bits per heavy atom. The zero-order valence-electron chi connectivity index (χ0n) is 10.6. The van der Waals surface area contributed by atoms with Crippen molar-refractivity contribution in [3.63, 3.8) is 0 Å². The minimum atomic E-state index is 0.265. The van der Waals surface area contributed by atoms with Crippen molar-refractivity contribution >= 4 is 5.69 Å². The van der Waals surface area contributed by atoms with Gasteiger partial charge in [0.05, 0.1) is 0 Å². The molecule has 0 aliphatic rings. The molecule has 0 aliphatic carbocycles. The summed E-state index contributed by atoms with van der Waals surface area (Å²) in [6, 6.07) is 12.1. The molecule has 0 heterocycles. The number of rotatable bonds is 4. The summed E-state index contributed by atoms with van der Waals surface area (Å²) in [5, 5.41) is 9.19. The molecule has 1 aromatic carbocycles. The molecule has 0 saturated carbocycles. The largest absolute Gasteiger partial charge is 0.336 e. The molecule has 0 fully saturated rings. The number of hydrogen-bond acceptors (Lipinski definition) is 2. The van der Waals surface area contributed by atoms with Gasteiger partial charge < -0.3 is 4.90 Å². The lowest BCUT2D eigenvalue weighted by molar-refractivity contribution is 0.916. The van der Waals surface area contributed by atoms with Crippen LogP contribution in [0.25, 0.3) is 0 Å². The van der Waals surface area contributed by atoms with Gasteiger partial charge in [0.15, 0.2) is 0 Å². The summed E-state index contributed by atoms with van der Waals surface area (Å²) in [7, 11) is 1.91. The first kappa shape index (κ1) is 13.1. The first-order chi connectivity index (χ1) is 8.19. The highest BCUT2D eigenvalue weighted by molar-refractivity contribution is 5.54. The molecule has 2 heteroatoms. The van der Waals surface area contributed by atoms with Gasteiger partial charge >= 0.3 is 0 Å². The third kappa shape index (κ3) is 3.81. The van der Waals surface area contributed by atoms with Gasteiger partial charge in [-0.2, -0.15) is 5.26 Å². The Kier molecular flexibility index (Phi) is 5.03. The molecule has 17 heavy (non-hydrogen) atoms. The second-order valence-electron chi connectivity index (χ2n) is 3.94. The Labute approximate surface area is 103 Å². The van der Waals surface area contributed by atoms with Gasteiger partial charge in [-0.25, -0.2) is 0 Å². The highest BCUT2D eigenvalue weighted by Gasteiger charge is 2.06. The average molecular weight is 226 g/mol. The number of allylic oxidation sites excluding steroid dienone is 4. The normalized spacial score (nSPS) is 13.4. The monoisotopic (exact) mass is 226 g/mol. The van der Waals surface area contributed by atoms with Crippen molar-refractivity contribution in [1.82, 2.24) is 0 Å². The fraction of sp³-hybridized carbons (Fsp3) is 0.267. The maximum absolute atomic E-state index is 9.19. The van der Waals surface area contributed by atoms with Crippen molar-refractivity contribution in [2.24, 2.45) is 5.92 Å². The Hall–Kier alpha value is -2.01. The lowest BCUT2D eigenvalue weighted by Gasteiger charge is -2.18. The standard InChI is InChI=1S/C15H18N2/c1-4-8-13(2)11-15(12-16)17(3)14-9-6-5-7-10-14/h4-11,13H,1-3H3/b8-4+,15-11+. The minimum Gasteiger partial charge on any atom is -0.336 e. The van der Waals surface area contributed by atoms with E-state index in [-0.39, 0.29) is 5.92 Å². The maximum atomic E-state index is 9.19. The van der Waals surface area contributed by atoms with E-state index in [0.29, 0.717) is 5.70 Å². The molecular formula is C15H18N2. The average Bonchev–Trinajstić information content (AvgIpc) is 2.36. The maximum Gasteiger partial charge on any atom is 0.117 e. The predicted molar refractivity (Wildman–Crippen MR) is 72.5 cm³/mol. The third-order valence-electron chi connectivity index (χ3n) is 2.54. The van der Waals surface area contributed by atoms with Crippen molar-refractivity contribution in [3.05, 3.63) is 54.3 Å². The van der Waals surface area contributed by atoms with E-state index >= 15 is 0 Å². The van der Waals surface area contributed by atoms with Gasteiger partial charge in [0.25, 0.3) is 0 Å². The summed E-state index contributed by atoms with van der Waals surface area (Å²) >= 11 is 0. The van der Waals surface area contributed by atoms with E-state index in [1.165, 1.54) is 0 Å². The van der Waals surface area contributed by atoms with E-state index in [2.05, 4.69) is 19.1 Å². The minimum absolute atomic E-state index is 0.265. The van der Waals surface area contributed by atoms with E-state index in [1.807, 2.05) is 61.4 Å². The first-order valence-electron chi connectivity index (χ1n) is 5.72. The van der Waals surface area contributed by atoms with E-state index in [9.17, 15) is 5.26 Å². The van der Waals surface area contributed by atoms with Crippen LogP contribution in [-0.4, -0.2) is 7.05 Å². The lowest BCUT2D eigenvalue weighted by atomic mass is 10.1. The summed E-state index contributed by atoms with van der Waals surface area (Å²) in [6.45, 7) is 4.05. The van der Waals surface area contributed by atoms with Crippen LogP contribution >= 0.6 is 0 Å². The van der Waals surface area contributed by atoms with Gasteiger partial charge in [-0.15, -0.1) is 0 Å². The predicted octanol–water partition coefficient (Wildman–Crippen LogP) is 3.74. The Morgan fingerprint density at radius 3 is 2.53 bits per heavy atom. The van der Waals surface area contributed by atoms with E-state index < -0.39 is 0 Å². The molecule has 2 nitrogen and oxygen atoms in total. The number of benzene rings is 1. The van der Waals surface area contributed by atoms with E-state index in [1.54, 1.807) is 0 Å². The van der Waals surface area contributed by atoms with Gasteiger partial charge in [-0.05, 0) is 31.1 Å². The van der Waals surface area contributed by atoms with Crippen LogP contribution in [0.15, 0.2) is 54.3 Å². The van der Waals surface area contributed by atoms with Crippen LogP contribution in [0.2, 0.25) is 0 Å². The number of para-hydroxylation sites is 1. The molecule has 0 aromatic heterocycles. The Bertz CT molecular complexity index is 438. The summed E-state index contributed by atoms with van der Waals surface area (Å²) < 4.78 is 0. The number of hydrogen-bond donors (Lipinski definition) is 0. The van der Waals surface area contributed by atoms with Gasteiger partial charge in [0.2, 0.25) is 0 Å². The van der Waals surface area contributed by atoms with Crippen molar-refractivity contribution in [2.75, 3.05) is 11.9 Å². The van der Waals surface area contributed by atoms with Gasteiger partial charge in [-0.1, -0.05) is 37.3 Å². The molecule has 1 unspecified atom stereocenters. The molecule has 0 amide bonds. The van der Waals surface area contributed by atoms with Crippen LogP contribution in [0, 0.1) is 17.2 Å². The summed E-state index contributed by atoms with van der Waals surface area (Å²) in [4.78, 5) is 1.90. The molecule has 1 aromatic rings. The summed E-state index contributed by atoms with van der Waals surface area (Å²) in [5.74, 6) is 0.265. The highest BCUT2D eigenvalue weighted by Crippen LogP contribution is 2.17. The molecule has 0 spiro atoms. The van der Waals surface area contributed by atoms with Crippen LogP contribution < -0.4 is 4.90 Å². The third-order valence-corrected chi connectivity index (χ3v) is 2.54. The van der Waals surface area contributed by atoms with Crippen LogP contribution in [-0.2, 0) is 0 Å². The Morgan fingerprint density at radius 1 is 1.35 bits per heavy atom. The molecular weight excluding hydrogens is 208 g/mol. The zero-order chi connectivity index (χ0) is 12.7. The van der Waals surface area contributed by atoms with Crippen LogP contribution in [0.1, 0.15) is 13.8 Å². The van der Waals surface area contributed by atoms with Gasteiger partial charge in [0, 0.05) is 12.7 Å². The SMILES string of the molecule is C/C=C/C(C)/C=C(\C#N)N(C)c1ccccc1. The van der Waals surface area contributed by atoms with Crippen molar-refractivity contribution in [3.8, 4) is 6.07 Å². The van der Waals surface area contributed by atoms with Crippen molar-refractivity contribution in [1.29, 1.82) is 5.26 Å². The van der Waals surface area contributed by atoms with E-state index in [4.69, 9.17) is 0 Å². The van der Waals surface area contributed by atoms with Gasteiger partial charge in [0.1, 0.15) is 11.8 Å². The topological polar surface area (TPSA) is 27.0 Å². The fourth-order valence-electron chi connectivity index (χ4n) is 1.62. The van der Waals surface area contributed by atoms with Crippen LogP contribution in [0.4, 0.5) is 5.69 Å². The van der Waals surface area contributed by atoms with Crippen molar-refractivity contribution in [2.45, 2.75) is 13.8 Å². The van der Waals surface area contributed by atoms with Crippen molar-refractivity contribution < 1.29 is 0 Å². The smallest absolute Gasteiger partial charge is 0.117 e. The molecule has 0 bridgehead atoms. The number of nitrogens with zero attached hydrogens (tertiary/aromatic N) is 2.